The van der Waals surface area contributed by atoms with E-state index in [9.17, 15) is 14.4 Å². The lowest BCUT2D eigenvalue weighted by Crippen LogP contribution is -2.43. The summed E-state index contributed by atoms with van der Waals surface area (Å²) in [6.07, 6.45) is -0.169. The number of anilines is 1. The Bertz CT molecular complexity index is 881. The van der Waals surface area contributed by atoms with Gasteiger partial charge in [-0.3, -0.25) is 19.3 Å². The lowest BCUT2D eigenvalue weighted by molar-refractivity contribution is -0.141. The number of halogens is 1. The Morgan fingerprint density at radius 3 is 2.58 bits per heavy atom. The minimum absolute atomic E-state index is 0.156. The first-order chi connectivity index (χ1) is 11.5. The quantitative estimate of drug-likeness (QED) is 0.674. The molecule has 2 aliphatic heterocycles. The van der Waals surface area contributed by atoms with Crippen molar-refractivity contribution in [1.82, 2.24) is 4.90 Å². The summed E-state index contributed by atoms with van der Waals surface area (Å²) < 4.78 is 0. The van der Waals surface area contributed by atoms with Gasteiger partial charge in [0, 0.05) is 16.3 Å². The molecular weight excluding hydrogens is 328 g/mol. The minimum atomic E-state index is -1.49. The van der Waals surface area contributed by atoms with Gasteiger partial charge >= 0.3 is 0 Å². The maximum atomic E-state index is 13.0. The molecule has 1 atom stereocenters. The Labute approximate surface area is 143 Å². The van der Waals surface area contributed by atoms with Crippen molar-refractivity contribution in [1.29, 1.82) is 0 Å². The normalized spacial score (nSPS) is 22.2. The van der Waals surface area contributed by atoms with Gasteiger partial charge in [0.25, 0.3) is 0 Å². The molecule has 1 N–H and O–H groups in total. The summed E-state index contributed by atoms with van der Waals surface area (Å²) in [6.45, 7) is 0.156. The van der Waals surface area contributed by atoms with Crippen molar-refractivity contribution >= 4 is 35.0 Å². The van der Waals surface area contributed by atoms with Crippen LogP contribution >= 0.6 is 11.6 Å². The molecule has 0 bridgehead atoms. The van der Waals surface area contributed by atoms with E-state index in [1.165, 1.54) is 0 Å². The molecule has 120 valence electrons. The van der Waals surface area contributed by atoms with Crippen molar-refractivity contribution in [3.8, 4) is 0 Å². The number of likely N-dealkylation sites (tertiary alicyclic amines) is 1. The number of imide groups is 1. The van der Waals surface area contributed by atoms with Gasteiger partial charge in [-0.2, -0.15) is 0 Å². The monoisotopic (exact) mass is 340 g/mol. The minimum Gasteiger partial charge on any atom is -0.325 e. The zero-order chi connectivity index (χ0) is 16.9. The largest absolute Gasteiger partial charge is 0.325 e. The van der Waals surface area contributed by atoms with E-state index in [4.69, 9.17) is 11.6 Å². The molecule has 5 nitrogen and oxygen atoms in total. The van der Waals surface area contributed by atoms with Gasteiger partial charge in [0.2, 0.25) is 17.7 Å². The molecule has 1 spiro atoms. The first-order valence-electron chi connectivity index (χ1n) is 7.52. The highest BCUT2D eigenvalue weighted by Crippen LogP contribution is 2.46. The number of hydrogen-bond donors (Lipinski definition) is 1. The first-order valence-corrected chi connectivity index (χ1v) is 7.90. The molecule has 0 saturated carbocycles. The number of rotatable bonds is 2. The van der Waals surface area contributed by atoms with Crippen LogP contribution in [0.1, 0.15) is 17.5 Å². The van der Waals surface area contributed by atoms with Crippen LogP contribution in [0.3, 0.4) is 0 Å². The van der Waals surface area contributed by atoms with Gasteiger partial charge in [-0.05, 0) is 23.8 Å². The van der Waals surface area contributed by atoms with Gasteiger partial charge in [-0.25, -0.2) is 0 Å². The van der Waals surface area contributed by atoms with Crippen molar-refractivity contribution in [2.24, 2.45) is 0 Å². The van der Waals surface area contributed by atoms with E-state index in [1.807, 2.05) is 30.3 Å². The fourth-order valence-corrected chi connectivity index (χ4v) is 3.56. The number of fused-ring (bicyclic) bond motifs is 2. The van der Waals surface area contributed by atoms with E-state index in [-0.39, 0.29) is 18.9 Å². The van der Waals surface area contributed by atoms with Crippen LogP contribution in [0.15, 0.2) is 48.5 Å². The van der Waals surface area contributed by atoms with Crippen LogP contribution in [0.2, 0.25) is 5.02 Å². The zero-order valence-corrected chi connectivity index (χ0v) is 13.3. The summed E-state index contributed by atoms with van der Waals surface area (Å²) in [5.74, 6) is -1.31. The maximum absolute atomic E-state index is 13.0. The van der Waals surface area contributed by atoms with Crippen molar-refractivity contribution in [2.75, 3.05) is 5.32 Å². The Balaban J connectivity index is 1.76. The summed E-state index contributed by atoms with van der Waals surface area (Å²) in [4.78, 5) is 39.2. The molecule has 4 rings (SSSR count). The fraction of sp³-hybridized carbons (Fsp3) is 0.167. The number of amides is 3. The number of carbonyl (C=O) groups is 3. The number of nitrogens with zero attached hydrogens (tertiary/aromatic N) is 1. The van der Waals surface area contributed by atoms with Crippen molar-refractivity contribution in [3.05, 3.63) is 64.7 Å². The molecule has 1 fully saturated rings. The maximum Gasteiger partial charge on any atom is 0.250 e. The predicted octanol–water partition coefficient (Wildman–Crippen LogP) is 2.49. The summed E-state index contributed by atoms with van der Waals surface area (Å²) >= 11 is 6.03. The standard InChI is InChI=1S/C18H13ClN2O3/c19-12-6-7-14-13(8-12)18(16(23)20-14)9-15(22)21(17(18)24)10-11-4-2-1-3-5-11/h1-8H,9-10H2,(H,20,23). The highest BCUT2D eigenvalue weighted by Gasteiger charge is 2.61. The molecule has 0 aliphatic carbocycles. The third-order valence-corrected chi connectivity index (χ3v) is 4.82. The second kappa shape index (κ2) is 5.18. The molecule has 6 heteroatoms. The highest BCUT2D eigenvalue weighted by atomic mass is 35.5. The molecule has 0 radical (unpaired) electrons. The molecule has 3 amide bonds. The fourth-order valence-electron chi connectivity index (χ4n) is 3.39. The molecule has 1 saturated heterocycles. The Morgan fingerprint density at radius 1 is 1.08 bits per heavy atom. The Kier molecular flexibility index (Phi) is 3.21. The molecule has 1 unspecified atom stereocenters. The number of hydrogen-bond acceptors (Lipinski definition) is 3. The topological polar surface area (TPSA) is 66.5 Å². The first kappa shape index (κ1) is 14.9. The third kappa shape index (κ3) is 1.98. The van der Waals surface area contributed by atoms with Crippen LogP contribution in [0, 0.1) is 0 Å². The summed E-state index contributed by atoms with van der Waals surface area (Å²) in [5, 5.41) is 3.12. The van der Waals surface area contributed by atoms with Gasteiger partial charge in [-0.15, -0.1) is 0 Å². The molecule has 24 heavy (non-hydrogen) atoms. The van der Waals surface area contributed by atoms with Crippen molar-refractivity contribution < 1.29 is 14.4 Å². The van der Waals surface area contributed by atoms with E-state index in [2.05, 4.69) is 5.32 Å². The van der Waals surface area contributed by atoms with Crippen LogP contribution in [-0.4, -0.2) is 22.6 Å². The lowest BCUT2D eigenvalue weighted by Gasteiger charge is -2.20. The predicted molar refractivity (Wildman–Crippen MR) is 88.4 cm³/mol. The number of nitrogens with one attached hydrogen (secondary N) is 1. The van der Waals surface area contributed by atoms with Crippen LogP contribution in [0.5, 0.6) is 0 Å². The van der Waals surface area contributed by atoms with Gasteiger partial charge in [0.05, 0.1) is 13.0 Å². The third-order valence-electron chi connectivity index (χ3n) is 4.59. The van der Waals surface area contributed by atoms with E-state index in [0.717, 1.165) is 10.5 Å². The van der Waals surface area contributed by atoms with E-state index in [1.54, 1.807) is 18.2 Å². The van der Waals surface area contributed by atoms with Crippen LogP contribution in [0.25, 0.3) is 0 Å². The number of benzene rings is 2. The zero-order valence-electron chi connectivity index (χ0n) is 12.6. The van der Waals surface area contributed by atoms with Gasteiger partial charge in [0.1, 0.15) is 0 Å². The average molecular weight is 341 g/mol. The van der Waals surface area contributed by atoms with Gasteiger partial charge in [-0.1, -0.05) is 41.9 Å². The van der Waals surface area contributed by atoms with E-state index < -0.39 is 17.2 Å². The average Bonchev–Trinajstić information content (AvgIpc) is 2.98. The molecule has 2 aromatic rings. The SMILES string of the molecule is O=C1CC2(C(=O)Nc3ccc(Cl)cc32)C(=O)N1Cc1ccccc1. The lowest BCUT2D eigenvalue weighted by atomic mass is 9.80. The van der Waals surface area contributed by atoms with Gasteiger partial charge < -0.3 is 5.32 Å². The highest BCUT2D eigenvalue weighted by molar-refractivity contribution is 6.32. The molecule has 2 aromatic carbocycles. The Hall–Kier alpha value is -2.66. The van der Waals surface area contributed by atoms with Crippen LogP contribution in [-0.2, 0) is 26.3 Å². The summed E-state index contributed by atoms with van der Waals surface area (Å²) in [6, 6.07) is 14.1. The second-order valence-corrected chi connectivity index (χ2v) is 6.43. The molecular formula is C18H13ClN2O3. The van der Waals surface area contributed by atoms with Crippen LogP contribution < -0.4 is 5.32 Å². The summed E-state index contributed by atoms with van der Waals surface area (Å²) in [7, 11) is 0. The molecule has 2 heterocycles. The number of carbonyl (C=O) groups excluding carboxylic acids is 3. The molecule has 2 aliphatic rings. The van der Waals surface area contributed by atoms with Crippen molar-refractivity contribution in [3.63, 3.8) is 0 Å². The Morgan fingerprint density at radius 2 is 1.83 bits per heavy atom. The second-order valence-electron chi connectivity index (χ2n) is 6.00. The van der Waals surface area contributed by atoms with E-state index >= 15 is 0 Å². The van der Waals surface area contributed by atoms with Gasteiger partial charge in [0.15, 0.2) is 5.41 Å². The van der Waals surface area contributed by atoms with Crippen LogP contribution in [0.4, 0.5) is 5.69 Å². The smallest absolute Gasteiger partial charge is 0.250 e. The van der Waals surface area contributed by atoms with E-state index in [0.29, 0.717) is 16.3 Å². The summed E-state index contributed by atoms with van der Waals surface area (Å²) in [5.41, 5.74) is 0.355. The van der Waals surface area contributed by atoms with Crippen molar-refractivity contribution in [2.45, 2.75) is 18.4 Å². The molecule has 0 aromatic heterocycles.